The molecule has 0 bridgehead atoms. The molecule has 1 aliphatic heterocycles. The fourth-order valence-electron chi connectivity index (χ4n) is 3.74. The first-order valence-corrected chi connectivity index (χ1v) is 9.03. The van der Waals surface area contributed by atoms with E-state index in [1.54, 1.807) is 0 Å². The minimum absolute atomic E-state index is 0.222. The third-order valence-electron chi connectivity index (χ3n) is 5.03. The average molecular weight is 332 g/mol. The second-order valence-electron chi connectivity index (χ2n) is 6.74. The second kappa shape index (κ2) is 7.30. The summed E-state index contributed by atoms with van der Waals surface area (Å²) in [6, 6.07) is 13.0. The van der Waals surface area contributed by atoms with Gasteiger partial charge in [-0.15, -0.1) is 0 Å². The van der Waals surface area contributed by atoms with Crippen molar-refractivity contribution in [2.24, 2.45) is 0 Å². The van der Waals surface area contributed by atoms with Gasteiger partial charge in [-0.05, 0) is 54.8 Å². The Kier molecular flexibility index (Phi) is 4.72. The highest BCUT2D eigenvalue weighted by molar-refractivity contribution is 5.79. The zero-order valence-electron chi connectivity index (χ0n) is 14.7. The van der Waals surface area contributed by atoms with Crippen molar-refractivity contribution in [3.8, 4) is 0 Å². The van der Waals surface area contributed by atoms with Gasteiger partial charge in [0.2, 0.25) is 0 Å². The van der Waals surface area contributed by atoms with Crippen LogP contribution in [-0.2, 0) is 0 Å². The molecule has 1 unspecified atom stereocenters. The van der Waals surface area contributed by atoms with E-state index in [4.69, 9.17) is 4.98 Å². The van der Waals surface area contributed by atoms with Crippen molar-refractivity contribution in [3.63, 3.8) is 0 Å². The number of rotatable bonds is 3. The Labute approximate surface area is 148 Å². The Morgan fingerprint density at radius 2 is 2.00 bits per heavy atom. The predicted octanol–water partition coefficient (Wildman–Crippen LogP) is 3.32. The number of hydrogen-bond donors (Lipinski definition) is 1. The molecule has 3 aromatic rings. The summed E-state index contributed by atoms with van der Waals surface area (Å²) in [4.78, 5) is 11.6. The van der Waals surface area contributed by atoms with Crippen LogP contribution in [0.4, 0.5) is 0 Å². The van der Waals surface area contributed by atoms with Gasteiger partial charge < -0.3 is 5.32 Å². The van der Waals surface area contributed by atoms with Gasteiger partial charge in [-0.1, -0.05) is 18.2 Å². The lowest BCUT2D eigenvalue weighted by atomic mass is 9.94. The number of pyridine rings is 2. The van der Waals surface area contributed by atoms with Gasteiger partial charge in [-0.2, -0.15) is 0 Å². The summed E-state index contributed by atoms with van der Waals surface area (Å²) in [5, 5.41) is 4.71. The molecule has 0 spiro atoms. The smallest absolute Gasteiger partial charge is 0.0702 e. The van der Waals surface area contributed by atoms with E-state index >= 15 is 0 Å². The molecule has 0 amide bonds. The molecule has 1 N–H and O–H groups in total. The third kappa shape index (κ3) is 3.41. The number of hydrogen-bond acceptors (Lipinski definition) is 4. The topological polar surface area (TPSA) is 41.1 Å². The fraction of sp³-hybridized carbons (Fsp3) is 0.333. The molecule has 128 valence electrons. The van der Waals surface area contributed by atoms with Gasteiger partial charge in [-0.3, -0.25) is 14.9 Å². The van der Waals surface area contributed by atoms with Crippen LogP contribution in [0.25, 0.3) is 10.9 Å². The van der Waals surface area contributed by atoms with Gasteiger partial charge in [-0.25, -0.2) is 0 Å². The Balaban J connectivity index is 1.81. The van der Waals surface area contributed by atoms with Crippen molar-refractivity contribution in [3.05, 3.63) is 71.7 Å². The molecule has 1 saturated heterocycles. The fourth-order valence-corrected chi connectivity index (χ4v) is 3.74. The van der Waals surface area contributed by atoms with Crippen LogP contribution in [0.15, 0.2) is 55.0 Å². The molecule has 25 heavy (non-hydrogen) atoms. The molecule has 2 aromatic heterocycles. The van der Waals surface area contributed by atoms with Crippen molar-refractivity contribution >= 4 is 10.9 Å². The highest BCUT2D eigenvalue weighted by Gasteiger charge is 2.25. The van der Waals surface area contributed by atoms with Crippen molar-refractivity contribution in [1.82, 2.24) is 20.2 Å². The summed E-state index contributed by atoms with van der Waals surface area (Å²) in [5.41, 5.74) is 4.87. The predicted molar refractivity (Wildman–Crippen MR) is 102 cm³/mol. The summed E-state index contributed by atoms with van der Waals surface area (Å²) < 4.78 is 0. The molecular formula is C21H24N4. The van der Waals surface area contributed by atoms with E-state index in [1.807, 2.05) is 24.7 Å². The summed E-state index contributed by atoms with van der Waals surface area (Å²) in [6.45, 7) is 6.40. The maximum absolute atomic E-state index is 4.72. The van der Waals surface area contributed by atoms with Crippen molar-refractivity contribution in [2.45, 2.75) is 19.4 Å². The van der Waals surface area contributed by atoms with E-state index in [-0.39, 0.29) is 6.04 Å². The lowest BCUT2D eigenvalue weighted by molar-refractivity contribution is 0.240. The van der Waals surface area contributed by atoms with Crippen LogP contribution in [-0.4, -0.2) is 41.0 Å². The first kappa shape index (κ1) is 16.2. The summed E-state index contributed by atoms with van der Waals surface area (Å²) in [6.07, 6.45) is 7.08. The van der Waals surface area contributed by atoms with E-state index in [9.17, 15) is 0 Å². The van der Waals surface area contributed by atoms with E-state index in [0.29, 0.717) is 0 Å². The average Bonchev–Trinajstić information content (AvgIpc) is 2.93. The first-order valence-electron chi connectivity index (χ1n) is 9.03. The molecule has 4 nitrogen and oxygen atoms in total. The Morgan fingerprint density at radius 3 is 2.92 bits per heavy atom. The quantitative estimate of drug-likeness (QED) is 0.799. The largest absolute Gasteiger partial charge is 0.315 e. The number of aromatic nitrogens is 2. The highest BCUT2D eigenvalue weighted by Crippen LogP contribution is 2.31. The van der Waals surface area contributed by atoms with Gasteiger partial charge in [0.25, 0.3) is 0 Å². The third-order valence-corrected chi connectivity index (χ3v) is 5.03. The van der Waals surface area contributed by atoms with Crippen LogP contribution < -0.4 is 5.32 Å². The molecule has 1 aromatic carbocycles. The van der Waals surface area contributed by atoms with Crippen molar-refractivity contribution < 1.29 is 0 Å². The number of aryl methyl sites for hydroxylation is 1. The molecule has 3 heterocycles. The van der Waals surface area contributed by atoms with Crippen LogP contribution >= 0.6 is 0 Å². The molecule has 0 aliphatic carbocycles. The Hall–Kier alpha value is -2.30. The Morgan fingerprint density at radius 1 is 1.08 bits per heavy atom. The first-order chi connectivity index (χ1) is 12.3. The van der Waals surface area contributed by atoms with Gasteiger partial charge >= 0.3 is 0 Å². The monoisotopic (exact) mass is 332 g/mol. The molecule has 1 atom stereocenters. The molecular weight excluding hydrogens is 308 g/mol. The summed E-state index contributed by atoms with van der Waals surface area (Å²) >= 11 is 0. The van der Waals surface area contributed by atoms with E-state index < -0.39 is 0 Å². The van der Waals surface area contributed by atoms with E-state index in [1.165, 1.54) is 28.5 Å². The molecule has 1 fully saturated rings. The Bertz CT molecular complexity index is 853. The number of benzene rings is 1. The van der Waals surface area contributed by atoms with Crippen LogP contribution in [0.5, 0.6) is 0 Å². The number of fused-ring (bicyclic) bond motifs is 1. The van der Waals surface area contributed by atoms with Gasteiger partial charge in [0.05, 0.1) is 11.6 Å². The maximum Gasteiger partial charge on any atom is 0.0702 e. The van der Waals surface area contributed by atoms with Gasteiger partial charge in [0.1, 0.15) is 0 Å². The number of nitrogens with one attached hydrogen (secondary N) is 1. The molecule has 4 rings (SSSR count). The minimum atomic E-state index is 0.222. The van der Waals surface area contributed by atoms with Crippen LogP contribution in [0.2, 0.25) is 0 Å². The van der Waals surface area contributed by atoms with E-state index in [2.05, 4.69) is 52.5 Å². The van der Waals surface area contributed by atoms with Crippen molar-refractivity contribution in [2.75, 3.05) is 26.2 Å². The lowest BCUT2D eigenvalue weighted by Crippen LogP contribution is -2.33. The number of para-hydroxylation sites is 1. The molecule has 0 radical (unpaired) electrons. The summed E-state index contributed by atoms with van der Waals surface area (Å²) in [5.74, 6) is 0. The van der Waals surface area contributed by atoms with Crippen LogP contribution in [0.3, 0.4) is 0 Å². The zero-order chi connectivity index (χ0) is 17.1. The maximum atomic E-state index is 4.72. The van der Waals surface area contributed by atoms with Gasteiger partial charge in [0.15, 0.2) is 0 Å². The SMILES string of the molecule is Cc1cnccc1C(c1cnc2ccccc2c1)N1CCCNCC1. The summed E-state index contributed by atoms with van der Waals surface area (Å²) in [7, 11) is 0. The molecule has 0 saturated carbocycles. The van der Waals surface area contributed by atoms with Crippen LogP contribution in [0, 0.1) is 6.92 Å². The molecule has 4 heteroatoms. The standard InChI is InChI=1S/C21H24N4/c1-16-14-23-9-7-19(16)21(25-11-4-8-22-10-12-25)18-13-17-5-2-3-6-20(17)24-15-18/h2-3,5-7,9,13-15,21-22H,4,8,10-12H2,1H3. The second-order valence-corrected chi connectivity index (χ2v) is 6.74. The van der Waals surface area contributed by atoms with Crippen molar-refractivity contribution in [1.29, 1.82) is 0 Å². The van der Waals surface area contributed by atoms with Gasteiger partial charge in [0, 0.05) is 43.6 Å². The molecule has 1 aliphatic rings. The van der Waals surface area contributed by atoms with Crippen LogP contribution in [0.1, 0.15) is 29.2 Å². The minimum Gasteiger partial charge on any atom is -0.315 e. The van der Waals surface area contributed by atoms with E-state index in [0.717, 1.165) is 31.7 Å². The normalized spacial score (nSPS) is 17.3. The number of nitrogens with zero attached hydrogens (tertiary/aromatic N) is 3. The highest BCUT2D eigenvalue weighted by atomic mass is 15.2. The zero-order valence-corrected chi connectivity index (χ0v) is 14.7. The lowest BCUT2D eigenvalue weighted by Gasteiger charge is -2.32.